The third kappa shape index (κ3) is 6.22. The largest absolute Gasteiger partial charge is 0.450 e. The minimum absolute atomic E-state index is 0.00551. The SMILES string of the molecule is CC(C)CC[C@H](C)NC(=O)COC(=O)c1ccc(-c2ccc([N+](=O)[O-])cc2)o1. The average molecular weight is 388 g/mol. The lowest BCUT2D eigenvalue weighted by atomic mass is 10.0. The molecule has 2 rings (SSSR count). The molecule has 1 atom stereocenters. The van der Waals surface area contributed by atoms with Gasteiger partial charge >= 0.3 is 5.97 Å². The van der Waals surface area contributed by atoms with Gasteiger partial charge in [0.15, 0.2) is 6.61 Å². The molecule has 8 heteroatoms. The molecule has 150 valence electrons. The van der Waals surface area contributed by atoms with E-state index in [9.17, 15) is 19.7 Å². The van der Waals surface area contributed by atoms with Gasteiger partial charge in [0.05, 0.1) is 4.92 Å². The average Bonchev–Trinajstić information content (AvgIpc) is 3.14. The van der Waals surface area contributed by atoms with Gasteiger partial charge in [-0.25, -0.2) is 4.79 Å². The smallest absolute Gasteiger partial charge is 0.374 e. The molecule has 0 aliphatic heterocycles. The number of nitro groups is 1. The third-order valence-electron chi connectivity index (χ3n) is 4.09. The second-order valence-corrected chi connectivity index (χ2v) is 6.98. The summed E-state index contributed by atoms with van der Waals surface area (Å²) in [7, 11) is 0. The summed E-state index contributed by atoms with van der Waals surface area (Å²) in [4.78, 5) is 34.1. The molecule has 0 fully saturated rings. The number of benzene rings is 1. The van der Waals surface area contributed by atoms with Crippen LogP contribution in [0.5, 0.6) is 0 Å². The fraction of sp³-hybridized carbons (Fsp3) is 0.400. The first kappa shape index (κ1) is 21.1. The molecular weight excluding hydrogens is 364 g/mol. The number of amides is 1. The van der Waals surface area contributed by atoms with Crippen LogP contribution in [-0.4, -0.2) is 29.4 Å². The number of furan rings is 1. The summed E-state index contributed by atoms with van der Waals surface area (Å²) in [5.74, 6) is -0.242. The molecule has 0 spiro atoms. The van der Waals surface area contributed by atoms with Crippen molar-refractivity contribution in [2.24, 2.45) is 5.92 Å². The monoisotopic (exact) mass is 388 g/mol. The van der Waals surface area contributed by atoms with Crippen LogP contribution in [0.25, 0.3) is 11.3 Å². The number of ether oxygens (including phenoxy) is 1. The quantitative estimate of drug-likeness (QED) is 0.395. The van der Waals surface area contributed by atoms with Gasteiger partial charge in [-0.3, -0.25) is 14.9 Å². The standard InChI is InChI=1S/C20H24N2O6/c1-13(2)4-5-14(3)21-19(23)12-27-20(24)18-11-10-17(28-18)15-6-8-16(9-7-15)22(25)26/h6-11,13-14H,4-5,12H2,1-3H3,(H,21,23)/t14-/m0/s1. The molecule has 0 saturated carbocycles. The van der Waals surface area contributed by atoms with Crippen LogP contribution >= 0.6 is 0 Å². The van der Waals surface area contributed by atoms with Crippen molar-refractivity contribution >= 4 is 17.6 Å². The van der Waals surface area contributed by atoms with E-state index < -0.39 is 17.5 Å². The van der Waals surface area contributed by atoms with E-state index in [1.807, 2.05) is 6.92 Å². The highest BCUT2D eigenvalue weighted by Crippen LogP contribution is 2.24. The molecule has 1 aromatic carbocycles. The Kier molecular flexibility index (Phi) is 7.31. The molecular formula is C20H24N2O6. The van der Waals surface area contributed by atoms with Gasteiger partial charge in [-0.15, -0.1) is 0 Å². The lowest BCUT2D eigenvalue weighted by Gasteiger charge is -2.14. The molecule has 1 heterocycles. The molecule has 1 N–H and O–H groups in total. The van der Waals surface area contributed by atoms with Crippen molar-refractivity contribution in [1.82, 2.24) is 5.32 Å². The summed E-state index contributed by atoms with van der Waals surface area (Å²) in [6.07, 6.45) is 1.85. The van der Waals surface area contributed by atoms with Gasteiger partial charge in [-0.1, -0.05) is 13.8 Å². The van der Waals surface area contributed by atoms with Crippen molar-refractivity contribution in [1.29, 1.82) is 0 Å². The fourth-order valence-corrected chi connectivity index (χ4v) is 2.52. The first-order chi connectivity index (χ1) is 13.3. The highest BCUT2D eigenvalue weighted by atomic mass is 16.6. The number of nitrogens with zero attached hydrogens (tertiary/aromatic N) is 1. The summed E-state index contributed by atoms with van der Waals surface area (Å²) in [5, 5.41) is 13.5. The zero-order valence-corrected chi connectivity index (χ0v) is 16.1. The van der Waals surface area contributed by atoms with Crippen LogP contribution in [-0.2, 0) is 9.53 Å². The zero-order valence-electron chi connectivity index (χ0n) is 16.1. The fourth-order valence-electron chi connectivity index (χ4n) is 2.52. The van der Waals surface area contributed by atoms with Crippen LogP contribution in [0.1, 0.15) is 44.2 Å². The van der Waals surface area contributed by atoms with Gasteiger partial charge in [0.1, 0.15) is 5.76 Å². The summed E-state index contributed by atoms with van der Waals surface area (Å²) >= 11 is 0. The van der Waals surface area contributed by atoms with Crippen LogP contribution in [0.4, 0.5) is 5.69 Å². The molecule has 1 aromatic heterocycles. The second-order valence-electron chi connectivity index (χ2n) is 6.98. The number of esters is 1. The van der Waals surface area contributed by atoms with E-state index in [4.69, 9.17) is 9.15 Å². The highest BCUT2D eigenvalue weighted by molar-refractivity contribution is 5.89. The number of nitrogens with one attached hydrogen (secondary N) is 1. The number of hydrogen-bond acceptors (Lipinski definition) is 6. The van der Waals surface area contributed by atoms with E-state index in [1.54, 1.807) is 6.07 Å². The van der Waals surface area contributed by atoms with E-state index in [-0.39, 0.29) is 23.4 Å². The van der Waals surface area contributed by atoms with Crippen molar-refractivity contribution in [3.8, 4) is 11.3 Å². The van der Waals surface area contributed by atoms with E-state index >= 15 is 0 Å². The number of nitro benzene ring substituents is 1. The number of non-ortho nitro benzene ring substituents is 1. The number of carbonyl (C=O) groups excluding carboxylic acids is 2. The van der Waals surface area contributed by atoms with Crippen LogP contribution < -0.4 is 5.32 Å². The van der Waals surface area contributed by atoms with Crippen LogP contribution in [0.3, 0.4) is 0 Å². The molecule has 2 aromatic rings. The number of carbonyl (C=O) groups is 2. The molecule has 0 unspecified atom stereocenters. The van der Waals surface area contributed by atoms with Crippen molar-refractivity contribution in [2.45, 2.75) is 39.7 Å². The predicted octanol–water partition coefficient (Wildman–Crippen LogP) is 3.95. The molecule has 0 aliphatic rings. The van der Waals surface area contributed by atoms with Crippen molar-refractivity contribution < 1.29 is 23.7 Å². The van der Waals surface area contributed by atoms with Gasteiger partial charge in [0.25, 0.3) is 11.6 Å². The van der Waals surface area contributed by atoms with Gasteiger partial charge < -0.3 is 14.5 Å². The lowest BCUT2D eigenvalue weighted by Crippen LogP contribution is -2.36. The van der Waals surface area contributed by atoms with E-state index in [0.29, 0.717) is 17.2 Å². The van der Waals surface area contributed by atoms with Gasteiger partial charge in [-0.2, -0.15) is 0 Å². The van der Waals surface area contributed by atoms with E-state index in [0.717, 1.165) is 12.8 Å². The molecule has 0 saturated heterocycles. The Bertz CT molecular complexity index is 825. The Hall–Kier alpha value is -3.16. The maximum absolute atomic E-state index is 12.1. The molecule has 8 nitrogen and oxygen atoms in total. The molecule has 0 bridgehead atoms. The minimum atomic E-state index is -0.752. The second kappa shape index (κ2) is 9.68. The van der Waals surface area contributed by atoms with Crippen molar-refractivity contribution in [3.05, 3.63) is 52.3 Å². The first-order valence-electron chi connectivity index (χ1n) is 9.07. The summed E-state index contributed by atoms with van der Waals surface area (Å²) in [6, 6.07) is 8.75. The molecule has 1 amide bonds. The normalized spacial score (nSPS) is 11.9. The molecule has 0 aliphatic carbocycles. The third-order valence-corrected chi connectivity index (χ3v) is 4.09. The van der Waals surface area contributed by atoms with E-state index in [2.05, 4.69) is 19.2 Å². The molecule has 0 radical (unpaired) electrons. The Balaban J connectivity index is 1.86. The maximum atomic E-state index is 12.1. The van der Waals surface area contributed by atoms with Crippen LogP contribution in [0.15, 0.2) is 40.8 Å². The van der Waals surface area contributed by atoms with Gasteiger partial charge in [0.2, 0.25) is 5.76 Å². The highest BCUT2D eigenvalue weighted by Gasteiger charge is 2.17. The topological polar surface area (TPSA) is 112 Å². The number of rotatable bonds is 9. The first-order valence-corrected chi connectivity index (χ1v) is 9.07. The van der Waals surface area contributed by atoms with Crippen LogP contribution in [0.2, 0.25) is 0 Å². The minimum Gasteiger partial charge on any atom is -0.450 e. The summed E-state index contributed by atoms with van der Waals surface area (Å²) in [6.45, 7) is 5.75. The Morgan fingerprint density at radius 1 is 1.11 bits per heavy atom. The summed E-state index contributed by atoms with van der Waals surface area (Å²) < 4.78 is 10.4. The van der Waals surface area contributed by atoms with Gasteiger partial charge in [0, 0.05) is 23.7 Å². The maximum Gasteiger partial charge on any atom is 0.374 e. The van der Waals surface area contributed by atoms with Gasteiger partial charge in [-0.05, 0) is 49.9 Å². The van der Waals surface area contributed by atoms with Crippen LogP contribution in [0, 0.1) is 16.0 Å². The van der Waals surface area contributed by atoms with Crippen molar-refractivity contribution in [2.75, 3.05) is 6.61 Å². The number of hydrogen-bond donors (Lipinski definition) is 1. The Morgan fingerprint density at radius 2 is 1.79 bits per heavy atom. The Morgan fingerprint density at radius 3 is 2.39 bits per heavy atom. The lowest BCUT2D eigenvalue weighted by molar-refractivity contribution is -0.384. The Labute approximate surface area is 163 Å². The zero-order chi connectivity index (χ0) is 20.7. The van der Waals surface area contributed by atoms with Crippen molar-refractivity contribution in [3.63, 3.8) is 0 Å². The predicted molar refractivity (Wildman–Crippen MR) is 103 cm³/mol. The van der Waals surface area contributed by atoms with E-state index in [1.165, 1.54) is 30.3 Å². The molecule has 28 heavy (non-hydrogen) atoms. The summed E-state index contributed by atoms with van der Waals surface area (Å²) in [5.41, 5.74) is 0.546.